The second-order valence-corrected chi connectivity index (χ2v) is 5.94. The topological polar surface area (TPSA) is 72.7 Å². The average Bonchev–Trinajstić information content (AvgIpc) is 2.85. The van der Waals surface area contributed by atoms with Gasteiger partial charge in [0, 0.05) is 50.6 Å². The van der Waals surface area contributed by atoms with Gasteiger partial charge in [0.05, 0.1) is 13.2 Å². The lowest BCUT2D eigenvalue weighted by Gasteiger charge is -2.14. The molecule has 0 spiro atoms. The van der Waals surface area contributed by atoms with E-state index >= 15 is 0 Å². The second kappa shape index (κ2) is 7.77. The molecule has 1 aromatic heterocycles. The number of aromatic nitrogens is 2. The van der Waals surface area contributed by atoms with E-state index in [-0.39, 0.29) is 12.1 Å². The van der Waals surface area contributed by atoms with Crippen LogP contribution in [0, 0.1) is 0 Å². The number of alkyl halides is 3. The summed E-state index contributed by atoms with van der Waals surface area (Å²) in [5.41, 5.74) is -0.204. The average molecular weight is 383 g/mol. The van der Waals surface area contributed by atoms with Crippen molar-refractivity contribution in [3.63, 3.8) is 0 Å². The quantitative estimate of drug-likeness (QED) is 0.630. The Balaban J connectivity index is 1.68. The van der Waals surface area contributed by atoms with E-state index in [2.05, 4.69) is 20.7 Å². The van der Waals surface area contributed by atoms with Gasteiger partial charge in [0.2, 0.25) is 0 Å². The highest BCUT2D eigenvalue weighted by Gasteiger charge is 2.36. The number of aliphatic imine (C=N–C) groups is 1. The maximum atomic E-state index is 13.0. The largest absolute Gasteiger partial charge is 0.490 e. The van der Waals surface area contributed by atoms with Gasteiger partial charge in [0.1, 0.15) is 0 Å². The molecule has 0 atom stereocenters. The molecule has 0 fully saturated rings. The van der Waals surface area contributed by atoms with Crippen molar-refractivity contribution in [1.82, 2.24) is 15.1 Å². The van der Waals surface area contributed by atoms with E-state index in [4.69, 9.17) is 9.47 Å². The molecule has 2 N–H and O–H groups in total. The number of nitrogens with one attached hydrogen (secondary N) is 2. The lowest BCUT2D eigenvalue weighted by Crippen LogP contribution is -2.30. The number of hydrogen-bond donors (Lipinski definition) is 2. The third-order valence-corrected chi connectivity index (χ3v) is 3.85. The zero-order valence-corrected chi connectivity index (χ0v) is 14.9. The molecule has 1 aliphatic rings. The third-order valence-electron chi connectivity index (χ3n) is 3.85. The van der Waals surface area contributed by atoms with Crippen LogP contribution in [0.2, 0.25) is 0 Å². The van der Waals surface area contributed by atoms with Crippen LogP contribution in [-0.4, -0.2) is 36.0 Å². The molecule has 0 aliphatic carbocycles. The van der Waals surface area contributed by atoms with Crippen molar-refractivity contribution in [3.8, 4) is 11.5 Å². The Morgan fingerprint density at radius 2 is 2.00 bits per heavy atom. The molecule has 2 heterocycles. The Labute approximate surface area is 154 Å². The van der Waals surface area contributed by atoms with Crippen LogP contribution in [0.1, 0.15) is 17.7 Å². The number of halogens is 3. The number of fused-ring (bicyclic) bond motifs is 1. The predicted octanol–water partition coefficient (Wildman–Crippen LogP) is 2.79. The molecule has 10 heteroatoms. The molecule has 1 aliphatic heterocycles. The van der Waals surface area contributed by atoms with Gasteiger partial charge in [-0.2, -0.15) is 18.3 Å². The highest BCUT2D eigenvalue weighted by Crippen LogP contribution is 2.32. The molecule has 2 aromatic rings. The van der Waals surface area contributed by atoms with Gasteiger partial charge < -0.3 is 20.1 Å². The lowest BCUT2D eigenvalue weighted by molar-refractivity contribution is -0.142. The van der Waals surface area contributed by atoms with Crippen molar-refractivity contribution in [1.29, 1.82) is 0 Å². The third kappa shape index (κ3) is 4.63. The Kier molecular flexibility index (Phi) is 5.43. The molecule has 7 nitrogen and oxygen atoms in total. The molecule has 0 radical (unpaired) electrons. The van der Waals surface area contributed by atoms with Gasteiger partial charge in [-0.25, -0.2) is 0 Å². The van der Waals surface area contributed by atoms with Gasteiger partial charge in [-0.05, 0) is 12.1 Å². The summed E-state index contributed by atoms with van der Waals surface area (Å²) in [6.07, 6.45) is -2.38. The van der Waals surface area contributed by atoms with E-state index in [1.165, 1.54) is 20.3 Å². The molecule has 3 rings (SSSR count). The molecule has 1 aromatic carbocycles. The molecule has 0 unspecified atom stereocenters. The smallest absolute Gasteiger partial charge is 0.435 e. The van der Waals surface area contributed by atoms with Crippen molar-refractivity contribution >= 4 is 11.6 Å². The Hall–Kier alpha value is -2.91. The van der Waals surface area contributed by atoms with Crippen LogP contribution in [0.5, 0.6) is 11.5 Å². The van der Waals surface area contributed by atoms with Gasteiger partial charge in [-0.1, -0.05) is 0 Å². The SMILES string of the molecule is CN=C(NCc1cn(C)nc1C(F)(F)F)Nc1ccc2c(c1)OCCCO2. The Morgan fingerprint density at radius 3 is 2.70 bits per heavy atom. The molecule has 0 saturated carbocycles. The number of ether oxygens (including phenoxy) is 2. The minimum absolute atomic E-state index is 0.0339. The molecule has 27 heavy (non-hydrogen) atoms. The molecule has 146 valence electrons. The fourth-order valence-corrected chi connectivity index (χ4v) is 2.64. The summed E-state index contributed by atoms with van der Waals surface area (Å²) in [5, 5.41) is 9.38. The summed E-state index contributed by atoms with van der Waals surface area (Å²) in [7, 11) is 2.98. The van der Waals surface area contributed by atoms with Crippen molar-refractivity contribution in [2.45, 2.75) is 19.1 Å². The number of guanidine groups is 1. The van der Waals surface area contributed by atoms with E-state index in [0.29, 0.717) is 36.4 Å². The van der Waals surface area contributed by atoms with Gasteiger partial charge in [-0.15, -0.1) is 0 Å². The zero-order valence-electron chi connectivity index (χ0n) is 14.9. The Morgan fingerprint density at radius 1 is 1.26 bits per heavy atom. The van der Waals surface area contributed by atoms with Gasteiger partial charge in [0.25, 0.3) is 0 Å². The number of nitrogens with zero attached hydrogens (tertiary/aromatic N) is 3. The van der Waals surface area contributed by atoms with Gasteiger partial charge >= 0.3 is 6.18 Å². The fraction of sp³-hybridized carbons (Fsp3) is 0.412. The second-order valence-electron chi connectivity index (χ2n) is 5.94. The number of hydrogen-bond acceptors (Lipinski definition) is 4. The molecular formula is C17H20F3N5O2. The number of benzene rings is 1. The standard InChI is InChI=1S/C17H20F3N5O2/c1-21-16(22-9-11-10-25(2)24-15(11)17(18,19)20)23-12-4-5-13-14(8-12)27-7-3-6-26-13/h4-5,8,10H,3,6-7,9H2,1-2H3,(H2,21,22,23). The van der Waals surface area contributed by atoms with E-state index in [1.54, 1.807) is 18.2 Å². The highest BCUT2D eigenvalue weighted by atomic mass is 19.4. The number of rotatable bonds is 3. The molecule has 0 saturated heterocycles. The van der Waals surface area contributed by atoms with Crippen LogP contribution in [-0.2, 0) is 19.8 Å². The van der Waals surface area contributed by atoms with E-state index in [0.717, 1.165) is 11.1 Å². The number of anilines is 1. The maximum Gasteiger partial charge on any atom is 0.435 e. The normalized spacial score (nSPS) is 14.6. The van der Waals surface area contributed by atoms with Gasteiger partial charge in [-0.3, -0.25) is 9.67 Å². The first-order valence-electron chi connectivity index (χ1n) is 8.34. The summed E-state index contributed by atoms with van der Waals surface area (Å²) in [6, 6.07) is 5.32. The van der Waals surface area contributed by atoms with E-state index in [1.807, 2.05) is 0 Å². The summed E-state index contributed by atoms with van der Waals surface area (Å²) < 4.78 is 51.4. The lowest BCUT2D eigenvalue weighted by atomic mass is 10.2. The van der Waals surface area contributed by atoms with Crippen LogP contribution in [0.25, 0.3) is 0 Å². The summed E-state index contributed by atoms with van der Waals surface area (Å²) in [4.78, 5) is 4.04. The van der Waals surface area contributed by atoms with E-state index < -0.39 is 11.9 Å². The van der Waals surface area contributed by atoms with Crippen molar-refractivity contribution < 1.29 is 22.6 Å². The molecular weight excluding hydrogens is 363 g/mol. The minimum atomic E-state index is -4.51. The summed E-state index contributed by atoms with van der Waals surface area (Å²) in [6.45, 7) is 1.08. The van der Waals surface area contributed by atoms with Crippen molar-refractivity contribution in [2.75, 3.05) is 25.6 Å². The van der Waals surface area contributed by atoms with Crippen LogP contribution in [0.15, 0.2) is 29.4 Å². The molecule has 0 bridgehead atoms. The first kappa shape index (κ1) is 18.9. The number of aryl methyl sites for hydroxylation is 1. The first-order valence-corrected chi connectivity index (χ1v) is 8.34. The molecule has 0 amide bonds. The maximum absolute atomic E-state index is 13.0. The summed E-state index contributed by atoms with van der Waals surface area (Å²) in [5.74, 6) is 1.59. The predicted molar refractivity (Wildman–Crippen MR) is 94.1 cm³/mol. The van der Waals surface area contributed by atoms with Crippen LogP contribution in [0.3, 0.4) is 0 Å². The van der Waals surface area contributed by atoms with Crippen LogP contribution in [0.4, 0.5) is 18.9 Å². The summed E-state index contributed by atoms with van der Waals surface area (Å²) >= 11 is 0. The zero-order chi connectivity index (χ0) is 19.4. The van der Waals surface area contributed by atoms with Crippen molar-refractivity contribution in [2.24, 2.45) is 12.0 Å². The van der Waals surface area contributed by atoms with Crippen molar-refractivity contribution in [3.05, 3.63) is 35.7 Å². The highest BCUT2D eigenvalue weighted by molar-refractivity contribution is 5.93. The first-order chi connectivity index (χ1) is 12.9. The van der Waals surface area contributed by atoms with Gasteiger partial charge in [0.15, 0.2) is 23.2 Å². The van der Waals surface area contributed by atoms with Crippen LogP contribution < -0.4 is 20.1 Å². The fourth-order valence-electron chi connectivity index (χ4n) is 2.64. The minimum Gasteiger partial charge on any atom is -0.490 e. The van der Waals surface area contributed by atoms with Crippen LogP contribution >= 0.6 is 0 Å². The monoisotopic (exact) mass is 383 g/mol. The van der Waals surface area contributed by atoms with E-state index in [9.17, 15) is 13.2 Å². The Bertz CT molecular complexity index is 832.